The normalized spacial score (nSPS) is 16.5. The van der Waals surface area contributed by atoms with Crippen LogP contribution in [0, 0.1) is 11.7 Å². The molecule has 3 rings (SSSR count). The summed E-state index contributed by atoms with van der Waals surface area (Å²) in [6, 6.07) is 4.58. The first kappa shape index (κ1) is 17.2. The van der Waals surface area contributed by atoms with Gasteiger partial charge in [0, 0.05) is 17.1 Å². The third-order valence-corrected chi connectivity index (χ3v) is 5.31. The van der Waals surface area contributed by atoms with Gasteiger partial charge >= 0.3 is 5.76 Å². The second kappa shape index (κ2) is 6.71. The fourth-order valence-electron chi connectivity index (χ4n) is 3.71. The Morgan fingerprint density at radius 1 is 1.33 bits per heavy atom. The fraction of sp³-hybridized carbons (Fsp3) is 0.556. The lowest BCUT2D eigenvalue weighted by Crippen LogP contribution is -2.31. The Morgan fingerprint density at radius 3 is 2.71 bits per heavy atom. The van der Waals surface area contributed by atoms with Crippen molar-refractivity contribution in [3.05, 3.63) is 51.0 Å². The average Bonchev–Trinajstić information content (AvgIpc) is 2.90. The summed E-state index contributed by atoms with van der Waals surface area (Å²) in [5, 5.41) is 4.28. The summed E-state index contributed by atoms with van der Waals surface area (Å²) in [4.78, 5) is 12.2. The molecule has 0 N–H and O–H groups in total. The molecule has 1 saturated carbocycles. The monoisotopic (exact) mass is 352 g/mol. The zero-order valence-electron chi connectivity index (χ0n) is 14.0. The van der Waals surface area contributed by atoms with Crippen molar-refractivity contribution in [1.82, 2.24) is 9.72 Å². The maximum absolute atomic E-state index is 14.4. The van der Waals surface area contributed by atoms with Crippen LogP contribution in [0.15, 0.2) is 27.5 Å². The SMILES string of the molecule is CC(C)(c1c(F)cccc1Cl)c1noc(=O)n1CC1CCCCC1. The molecule has 1 fully saturated rings. The van der Waals surface area contributed by atoms with Gasteiger partial charge in [0.15, 0.2) is 5.82 Å². The zero-order chi connectivity index (χ0) is 17.3. The van der Waals surface area contributed by atoms with Crippen molar-refractivity contribution in [2.24, 2.45) is 5.92 Å². The van der Waals surface area contributed by atoms with Crippen LogP contribution in [-0.4, -0.2) is 9.72 Å². The largest absolute Gasteiger partial charge is 0.441 e. The second-order valence-corrected chi connectivity index (χ2v) is 7.52. The Labute approximate surface area is 145 Å². The van der Waals surface area contributed by atoms with E-state index in [9.17, 15) is 9.18 Å². The van der Waals surface area contributed by atoms with Crippen LogP contribution in [0.2, 0.25) is 5.02 Å². The number of hydrogen-bond donors (Lipinski definition) is 0. The smallest absolute Gasteiger partial charge is 0.296 e. The van der Waals surface area contributed by atoms with Crippen molar-refractivity contribution in [1.29, 1.82) is 0 Å². The van der Waals surface area contributed by atoms with Gasteiger partial charge in [-0.05, 0) is 44.7 Å². The predicted molar refractivity (Wildman–Crippen MR) is 90.9 cm³/mol. The number of nitrogens with zero attached hydrogens (tertiary/aromatic N) is 2. The molecule has 1 aliphatic carbocycles. The molecular weight excluding hydrogens is 331 g/mol. The molecule has 6 heteroatoms. The zero-order valence-corrected chi connectivity index (χ0v) is 14.8. The Kier molecular flexibility index (Phi) is 4.81. The molecule has 0 spiro atoms. The molecule has 130 valence electrons. The van der Waals surface area contributed by atoms with Gasteiger partial charge in [-0.2, -0.15) is 0 Å². The van der Waals surface area contributed by atoms with E-state index in [0.29, 0.717) is 28.9 Å². The van der Waals surface area contributed by atoms with E-state index in [1.165, 1.54) is 25.3 Å². The van der Waals surface area contributed by atoms with Gasteiger partial charge in [0.1, 0.15) is 5.82 Å². The first-order chi connectivity index (χ1) is 11.4. The fourth-order valence-corrected chi connectivity index (χ4v) is 4.11. The quantitative estimate of drug-likeness (QED) is 0.811. The first-order valence-electron chi connectivity index (χ1n) is 8.42. The highest BCUT2D eigenvalue weighted by molar-refractivity contribution is 6.31. The average molecular weight is 353 g/mol. The van der Waals surface area contributed by atoms with Crippen LogP contribution in [0.25, 0.3) is 0 Å². The molecule has 0 bridgehead atoms. The molecule has 1 aromatic carbocycles. The van der Waals surface area contributed by atoms with Gasteiger partial charge in [0.05, 0.1) is 5.41 Å². The van der Waals surface area contributed by atoms with Crippen molar-refractivity contribution in [2.75, 3.05) is 0 Å². The Morgan fingerprint density at radius 2 is 2.04 bits per heavy atom. The molecule has 4 nitrogen and oxygen atoms in total. The molecule has 0 amide bonds. The molecule has 0 atom stereocenters. The molecule has 1 aromatic heterocycles. The number of halogens is 2. The minimum atomic E-state index is -0.872. The Balaban J connectivity index is 2.01. The number of benzene rings is 1. The van der Waals surface area contributed by atoms with Crippen molar-refractivity contribution in [3.63, 3.8) is 0 Å². The van der Waals surface area contributed by atoms with E-state index in [0.717, 1.165) is 12.8 Å². The summed E-state index contributed by atoms with van der Waals surface area (Å²) in [5.74, 6) is -0.0464. The molecule has 0 aliphatic heterocycles. The number of aromatic nitrogens is 2. The lowest BCUT2D eigenvalue weighted by molar-refractivity contribution is 0.301. The first-order valence-corrected chi connectivity index (χ1v) is 8.80. The van der Waals surface area contributed by atoms with Crippen molar-refractivity contribution >= 4 is 11.6 Å². The van der Waals surface area contributed by atoms with E-state index in [4.69, 9.17) is 16.1 Å². The minimum Gasteiger partial charge on any atom is -0.296 e. The highest BCUT2D eigenvalue weighted by atomic mass is 35.5. The van der Waals surface area contributed by atoms with Crippen LogP contribution < -0.4 is 5.76 Å². The van der Waals surface area contributed by atoms with Crippen molar-refractivity contribution in [2.45, 2.75) is 57.9 Å². The third kappa shape index (κ3) is 3.14. The van der Waals surface area contributed by atoms with E-state index in [-0.39, 0.29) is 0 Å². The van der Waals surface area contributed by atoms with E-state index in [1.54, 1.807) is 16.7 Å². The summed E-state index contributed by atoms with van der Waals surface area (Å²) >= 11 is 6.23. The van der Waals surface area contributed by atoms with Gasteiger partial charge in [-0.3, -0.25) is 9.09 Å². The van der Waals surface area contributed by atoms with Gasteiger partial charge in [-0.1, -0.05) is 42.1 Å². The summed E-state index contributed by atoms with van der Waals surface area (Å²) in [7, 11) is 0. The lowest BCUT2D eigenvalue weighted by atomic mass is 9.82. The summed E-state index contributed by atoms with van der Waals surface area (Å²) < 4.78 is 20.9. The molecule has 1 heterocycles. The minimum absolute atomic E-state index is 0.319. The van der Waals surface area contributed by atoms with E-state index < -0.39 is 17.0 Å². The molecule has 24 heavy (non-hydrogen) atoms. The van der Waals surface area contributed by atoms with Crippen molar-refractivity contribution in [3.8, 4) is 0 Å². The van der Waals surface area contributed by atoms with E-state index >= 15 is 0 Å². The molecule has 0 radical (unpaired) electrons. The molecule has 2 aromatic rings. The van der Waals surface area contributed by atoms with Crippen LogP contribution in [0.3, 0.4) is 0 Å². The summed E-state index contributed by atoms with van der Waals surface area (Å²) in [6.45, 7) is 4.19. The van der Waals surface area contributed by atoms with Crippen LogP contribution in [-0.2, 0) is 12.0 Å². The van der Waals surface area contributed by atoms with Crippen LogP contribution >= 0.6 is 11.6 Å². The summed E-state index contributed by atoms with van der Waals surface area (Å²) in [6.07, 6.45) is 5.80. The topological polar surface area (TPSA) is 48.0 Å². The molecule has 1 aliphatic rings. The highest BCUT2D eigenvalue weighted by Crippen LogP contribution is 2.37. The maximum atomic E-state index is 14.4. The van der Waals surface area contributed by atoms with E-state index in [1.807, 2.05) is 13.8 Å². The van der Waals surface area contributed by atoms with Crippen LogP contribution in [0.5, 0.6) is 0 Å². The lowest BCUT2D eigenvalue weighted by Gasteiger charge is -2.27. The van der Waals surface area contributed by atoms with Crippen LogP contribution in [0.4, 0.5) is 4.39 Å². The number of rotatable bonds is 4. The van der Waals surface area contributed by atoms with Crippen LogP contribution in [0.1, 0.15) is 57.3 Å². The predicted octanol–water partition coefficient (Wildman–Crippen LogP) is 4.54. The van der Waals surface area contributed by atoms with Gasteiger partial charge in [-0.15, -0.1) is 0 Å². The van der Waals surface area contributed by atoms with E-state index in [2.05, 4.69) is 5.16 Å². The number of hydrogen-bond acceptors (Lipinski definition) is 3. The van der Waals surface area contributed by atoms with Gasteiger partial charge in [-0.25, -0.2) is 9.18 Å². The summed E-state index contributed by atoms with van der Waals surface area (Å²) in [5.41, 5.74) is -0.541. The second-order valence-electron chi connectivity index (χ2n) is 7.11. The molecular formula is C18H22ClFN2O2. The Bertz CT molecular complexity index is 755. The molecule has 0 saturated heterocycles. The van der Waals surface area contributed by atoms with Gasteiger partial charge < -0.3 is 0 Å². The Hall–Kier alpha value is -1.62. The standard InChI is InChI=1S/C18H22ClFN2O2/c1-18(2,15-13(19)9-6-10-14(15)20)16-21-24-17(23)22(16)11-12-7-4-3-5-8-12/h6,9-10,12H,3-5,7-8,11H2,1-2H3. The molecule has 0 unspecified atom stereocenters. The van der Waals surface area contributed by atoms with Gasteiger partial charge in [0.25, 0.3) is 0 Å². The van der Waals surface area contributed by atoms with Crippen molar-refractivity contribution < 1.29 is 8.91 Å². The maximum Gasteiger partial charge on any atom is 0.441 e. The third-order valence-electron chi connectivity index (χ3n) is 5.00. The van der Waals surface area contributed by atoms with Gasteiger partial charge in [0.2, 0.25) is 0 Å². The highest BCUT2D eigenvalue weighted by Gasteiger charge is 2.35.